The molecule has 98 valence electrons. The van der Waals surface area contributed by atoms with Gasteiger partial charge in [0, 0.05) is 19.0 Å². The van der Waals surface area contributed by atoms with Gasteiger partial charge in [-0.2, -0.15) is 0 Å². The van der Waals surface area contributed by atoms with Gasteiger partial charge < -0.3 is 4.90 Å². The molecule has 1 aromatic heterocycles. The first kappa shape index (κ1) is 12.2. The largest absolute Gasteiger partial charge is 0.359 e. The smallest absolute Gasteiger partial charge is 0.153 e. The summed E-state index contributed by atoms with van der Waals surface area (Å²) in [5.74, 6) is 1.57. The fourth-order valence-electron chi connectivity index (χ4n) is 2.66. The maximum Gasteiger partial charge on any atom is 0.153 e. The van der Waals surface area contributed by atoms with E-state index in [0.29, 0.717) is 5.56 Å². The number of para-hydroxylation sites is 1. The molecule has 0 unspecified atom stereocenters. The number of aldehydes is 1. The van der Waals surface area contributed by atoms with E-state index in [1.807, 2.05) is 37.4 Å². The number of nitrogens with zero attached hydrogens (tertiary/aromatic N) is 2. The topological polar surface area (TPSA) is 33.2 Å². The SMILES string of the molecule is CN(CC1CCC1)c1nc2ccccc2cc1C=O. The summed E-state index contributed by atoms with van der Waals surface area (Å²) in [5.41, 5.74) is 1.63. The molecule has 19 heavy (non-hydrogen) atoms. The van der Waals surface area contributed by atoms with Gasteiger partial charge in [-0.15, -0.1) is 0 Å². The predicted octanol–water partition coefficient (Wildman–Crippen LogP) is 3.28. The number of pyridine rings is 1. The van der Waals surface area contributed by atoms with E-state index in [-0.39, 0.29) is 0 Å². The van der Waals surface area contributed by atoms with Gasteiger partial charge in [0.15, 0.2) is 6.29 Å². The number of carbonyl (C=O) groups excluding carboxylic acids is 1. The van der Waals surface area contributed by atoms with Crippen molar-refractivity contribution in [3.63, 3.8) is 0 Å². The summed E-state index contributed by atoms with van der Waals surface area (Å²) in [6.45, 7) is 0.992. The fraction of sp³-hybridized carbons (Fsp3) is 0.375. The molecule has 0 amide bonds. The average Bonchev–Trinajstić information content (AvgIpc) is 2.41. The number of benzene rings is 1. The number of rotatable bonds is 4. The van der Waals surface area contributed by atoms with Crippen LogP contribution in [-0.2, 0) is 0 Å². The van der Waals surface area contributed by atoms with Crippen molar-refractivity contribution in [3.05, 3.63) is 35.9 Å². The number of fused-ring (bicyclic) bond motifs is 1. The summed E-state index contributed by atoms with van der Waals surface area (Å²) in [6.07, 6.45) is 4.85. The van der Waals surface area contributed by atoms with Crippen LogP contribution in [0.2, 0.25) is 0 Å². The summed E-state index contributed by atoms with van der Waals surface area (Å²) in [5, 5.41) is 1.02. The van der Waals surface area contributed by atoms with Crippen molar-refractivity contribution in [2.45, 2.75) is 19.3 Å². The maximum absolute atomic E-state index is 11.3. The zero-order valence-electron chi connectivity index (χ0n) is 11.2. The minimum Gasteiger partial charge on any atom is -0.359 e. The average molecular weight is 254 g/mol. The first-order valence-electron chi connectivity index (χ1n) is 6.84. The van der Waals surface area contributed by atoms with Crippen LogP contribution in [0.15, 0.2) is 30.3 Å². The number of carbonyl (C=O) groups is 1. The Morgan fingerprint density at radius 3 is 2.84 bits per heavy atom. The maximum atomic E-state index is 11.3. The summed E-state index contributed by atoms with van der Waals surface area (Å²) >= 11 is 0. The number of aromatic nitrogens is 1. The van der Waals surface area contributed by atoms with Gasteiger partial charge in [0.05, 0.1) is 11.1 Å². The molecule has 2 aromatic rings. The van der Waals surface area contributed by atoms with E-state index >= 15 is 0 Å². The fourth-order valence-corrected chi connectivity index (χ4v) is 2.66. The van der Waals surface area contributed by atoms with Crippen LogP contribution in [0.1, 0.15) is 29.6 Å². The zero-order chi connectivity index (χ0) is 13.2. The van der Waals surface area contributed by atoms with Crippen LogP contribution in [-0.4, -0.2) is 24.9 Å². The lowest BCUT2D eigenvalue weighted by atomic mass is 9.85. The number of hydrogen-bond acceptors (Lipinski definition) is 3. The van der Waals surface area contributed by atoms with Gasteiger partial charge in [-0.3, -0.25) is 4.79 Å². The number of anilines is 1. The second kappa shape index (κ2) is 5.00. The second-order valence-corrected chi connectivity index (χ2v) is 5.39. The van der Waals surface area contributed by atoms with E-state index in [9.17, 15) is 4.79 Å². The molecule has 1 heterocycles. The van der Waals surface area contributed by atoms with Crippen LogP contribution in [0.5, 0.6) is 0 Å². The van der Waals surface area contributed by atoms with Crippen molar-refractivity contribution < 1.29 is 4.79 Å². The van der Waals surface area contributed by atoms with Crippen molar-refractivity contribution in [3.8, 4) is 0 Å². The molecule has 3 rings (SSSR count). The highest BCUT2D eigenvalue weighted by molar-refractivity contribution is 5.91. The van der Waals surface area contributed by atoms with Crippen LogP contribution >= 0.6 is 0 Å². The molecule has 1 aromatic carbocycles. The monoisotopic (exact) mass is 254 g/mol. The lowest BCUT2D eigenvalue weighted by molar-refractivity contribution is 0.112. The minimum absolute atomic E-state index is 0.681. The Hall–Kier alpha value is -1.90. The molecule has 0 saturated heterocycles. The van der Waals surface area contributed by atoms with Gasteiger partial charge in [-0.25, -0.2) is 4.98 Å². The van der Waals surface area contributed by atoms with E-state index in [4.69, 9.17) is 0 Å². The molecule has 0 bridgehead atoms. The molecule has 1 aliphatic rings. The molecule has 3 heteroatoms. The van der Waals surface area contributed by atoms with E-state index in [2.05, 4.69) is 9.88 Å². The first-order valence-corrected chi connectivity index (χ1v) is 6.84. The van der Waals surface area contributed by atoms with E-state index < -0.39 is 0 Å². The summed E-state index contributed by atoms with van der Waals surface area (Å²) < 4.78 is 0. The molecule has 0 atom stereocenters. The standard InChI is InChI=1S/C16H18N2O/c1-18(10-12-5-4-6-12)16-14(11-19)9-13-7-2-3-8-15(13)17-16/h2-3,7-9,11-12H,4-6,10H2,1H3. The highest BCUT2D eigenvalue weighted by Gasteiger charge is 2.21. The van der Waals surface area contributed by atoms with E-state index in [0.717, 1.165) is 35.5 Å². The van der Waals surface area contributed by atoms with Gasteiger partial charge in [-0.05, 0) is 30.9 Å². The van der Waals surface area contributed by atoms with Gasteiger partial charge in [0.1, 0.15) is 5.82 Å². The molecule has 1 aliphatic carbocycles. The van der Waals surface area contributed by atoms with Crippen molar-refractivity contribution >= 4 is 23.0 Å². The summed E-state index contributed by atoms with van der Waals surface area (Å²) in [7, 11) is 2.03. The molecular formula is C16H18N2O. The van der Waals surface area contributed by atoms with Crippen molar-refractivity contribution in [2.75, 3.05) is 18.5 Å². The van der Waals surface area contributed by atoms with Crippen molar-refractivity contribution in [1.82, 2.24) is 4.98 Å². The highest BCUT2D eigenvalue weighted by atomic mass is 16.1. The summed E-state index contributed by atoms with van der Waals surface area (Å²) in [4.78, 5) is 18.1. The van der Waals surface area contributed by atoms with Crippen LogP contribution in [0.3, 0.4) is 0 Å². The zero-order valence-corrected chi connectivity index (χ0v) is 11.2. The number of hydrogen-bond donors (Lipinski definition) is 0. The lowest BCUT2D eigenvalue weighted by Gasteiger charge is -2.31. The van der Waals surface area contributed by atoms with Crippen LogP contribution in [0.25, 0.3) is 10.9 Å². The van der Waals surface area contributed by atoms with Crippen LogP contribution < -0.4 is 4.90 Å². The van der Waals surface area contributed by atoms with E-state index in [1.165, 1.54) is 19.3 Å². The molecule has 0 spiro atoms. The van der Waals surface area contributed by atoms with Crippen molar-refractivity contribution in [1.29, 1.82) is 0 Å². The Kier molecular flexibility index (Phi) is 3.20. The Balaban J connectivity index is 1.97. The van der Waals surface area contributed by atoms with Crippen LogP contribution in [0.4, 0.5) is 5.82 Å². The van der Waals surface area contributed by atoms with Crippen LogP contribution in [0, 0.1) is 5.92 Å². The molecular weight excluding hydrogens is 236 g/mol. The van der Waals surface area contributed by atoms with Gasteiger partial charge in [0.2, 0.25) is 0 Å². The molecule has 3 nitrogen and oxygen atoms in total. The second-order valence-electron chi connectivity index (χ2n) is 5.39. The van der Waals surface area contributed by atoms with Gasteiger partial charge in [-0.1, -0.05) is 24.6 Å². The normalized spacial score (nSPS) is 15.2. The van der Waals surface area contributed by atoms with Gasteiger partial charge in [0.25, 0.3) is 0 Å². The van der Waals surface area contributed by atoms with Gasteiger partial charge >= 0.3 is 0 Å². The highest BCUT2D eigenvalue weighted by Crippen LogP contribution is 2.29. The third kappa shape index (κ3) is 2.33. The Morgan fingerprint density at radius 2 is 2.16 bits per heavy atom. The summed E-state index contributed by atoms with van der Waals surface area (Å²) in [6, 6.07) is 9.86. The third-order valence-electron chi connectivity index (χ3n) is 3.98. The minimum atomic E-state index is 0.681. The molecule has 0 N–H and O–H groups in total. The van der Waals surface area contributed by atoms with E-state index in [1.54, 1.807) is 0 Å². The first-order chi connectivity index (χ1) is 9.28. The van der Waals surface area contributed by atoms with Crippen molar-refractivity contribution in [2.24, 2.45) is 5.92 Å². The quantitative estimate of drug-likeness (QED) is 0.785. The Labute approximate surface area is 113 Å². The Morgan fingerprint density at radius 1 is 1.37 bits per heavy atom. The molecule has 1 fully saturated rings. The predicted molar refractivity (Wildman–Crippen MR) is 77.7 cm³/mol. The molecule has 0 aliphatic heterocycles. The third-order valence-corrected chi connectivity index (χ3v) is 3.98. The molecule has 1 saturated carbocycles. The Bertz CT molecular complexity index is 605. The lowest BCUT2D eigenvalue weighted by Crippen LogP contribution is -2.30. The molecule has 0 radical (unpaired) electrons.